The quantitative estimate of drug-likeness (QED) is 0.371. The van der Waals surface area contributed by atoms with Gasteiger partial charge in [0.15, 0.2) is 5.88 Å². The third-order valence-electron chi connectivity index (χ3n) is 4.09. The lowest BCUT2D eigenvalue weighted by atomic mass is 10.0. The maximum atomic E-state index is 10.4. The number of aromatic amines is 2. The van der Waals surface area contributed by atoms with Crippen LogP contribution in [-0.4, -0.2) is 36.2 Å². The Kier molecular flexibility index (Phi) is 2.54. The van der Waals surface area contributed by atoms with E-state index in [9.17, 15) is 5.11 Å². The molecule has 0 spiro atoms. The maximum Gasteiger partial charge on any atom is 0.199 e. The molecule has 0 bridgehead atoms. The van der Waals surface area contributed by atoms with Crippen LogP contribution in [0.1, 0.15) is 11.1 Å². The van der Waals surface area contributed by atoms with E-state index in [0.29, 0.717) is 16.6 Å². The molecule has 2 aromatic carbocycles. The summed E-state index contributed by atoms with van der Waals surface area (Å²) in [5.74, 6) is -0.0175. The molecule has 0 aliphatic rings. The molecule has 0 aliphatic heterocycles. The van der Waals surface area contributed by atoms with Crippen LogP contribution in [0.2, 0.25) is 0 Å². The lowest BCUT2D eigenvalue weighted by Crippen LogP contribution is -2.01. The van der Waals surface area contributed by atoms with Gasteiger partial charge in [0.25, 0.3) is 0 Å². The summed E-state index contributed by atoms with van der Waals surface area (Å²) in [5.41, 5.74) is 6.18. The van der Waals surface area contributed by atoms with Gasteiger partial charge >= 0.3 is 0 Å². The van der Waals surface area contributed by atoms with Crippen molar-refractivity contribution in [2.45, 2.75) is 0 Å². The minimum Gasteiger partial charge on any atom is -0.494 e. The summed E-state index contributed by atoms with van der Waals surface area (Å²) in [6, 6.07) is 9.16. The molecule has 0 atom stereocenters. The van der Waals surface area contributed by atoms with Gasteiger partial charge < -0.3 is 10.1 Å². The number of thiazole rings is 1. The molecule has 3 aromatic heterocycles. The fourth-order valence-corrected chi connectivity index (χ4v) is 3.82. The van der Waals surface area contributed by atoms with Gasteiger partial charge in [0.05, 0.1) is 32.5 Å². The molecule has 0 fully saturated rings. The summed E-state index contributed by atoms with van der Waals surface area (Å²) in [6.45, 7) is 0. The van der Waals surface area contributed by atoms with Crippen molar-refractivity contribution in [2.75, 3.05) is 0 Å². The zero-order valence-corrected chi connectivity index (χ0v) is 13.0. The van der Waals surface area contributed by atoms with Crippen LogP contribution in [0, 0.1) is 5.41 Å². The van der Waals surface area contributed by atoms with E-state index in [2.05, 4.69) is 25.4 Å². The highest BCUT2D eigenvalue weighted by molar-refractivity contribution is 7.17. The third kappa shape index (κ3) is 1.71. The van der Waals surface area contributed by atoms with Crippen molar-refractivity contribution in [1.29, 1.82) is 5.41 Å². The first-order chi connectivity index (χ1) is 11.7. The Bertz CT molecular complexity index is 1250. The molecule has 0 aliphatic carbocycles. The lowest BCUT2D eigenvalue weighted by Gasteiger charge is -2.04. The van der Waals surface area contributed by atoms with E-state index >= 15 is 0 Å². The van der Waals surface area contributed by atoms with Gasteiger partial charge in [-0.15, -0.1) is 11.3 Å². The van der Waals surface area contributed by atoms with Crippen LogP contribution in [-0.2, 0) is 0 Å². The summed E-state index contributed by atoms with van der Waals surface area (Å²) >= 11 is 1.49. The fourth-order valence-electron chi connectivity index (χ4n) is 2.97. The molecule has 116 valence electrons. The average molecular weight is 334 g/mol. The average Bonchev–Trinajstić information content (AvgIpc) is 3.29. The third-order valence-corrected chi connectivity index (χ3v) is 4.95. The molecule has 5 rings (SSSR count). The number of hydrogen-bond donors (Lipinski definition) is 4. The molecular formula is C16H10N6OS. The number of nitrogens with zero attached hydrogens (tertiary/aromatic N) is 3. The Labute approximate surface area is 138 Å². The van der Waals surface area contributed by atoms with Crippen molar-refractivity contribution in [3.63, 3.8) is 0 Å². The first kappa shape index (κ1) is 13.2. The smallest absolute Gasteiger partial charge is 0.199 e. The van der Waals surface area contributed by atoms with Crippen molar-refractivity contribution < 1.29 is 5.11 Å². The molecule has 24 heavy (non-hydrogen) atoms. The van der Waals surface area contributed by atoms with Crippen LogP contribution in [0.5, 0.6) is 5.88 Å². The van der Waals surface area contributed by atoms with Crippen LogP contribution in [0.3, 0.4) is 0 Å². The largest absolute Gasteiger partial charge is 0.494 e. The highest BCUT2D eigenvalue weighted by atomic mass is 32.1. The van der Waals surface area contributed by atoms with Crippen LogP contribution in [0.4, 0.5) is 0 Å². The van der Waals surface area contributed by atoms with Crippen molar-refractivity contribution in [1.82, 2.24) is 25.4 Å². The van der Waals surface area contributed by atoms with Gasteiger partial charge in [0.1, 0.15) is 11.0 Å². The van der Waals surface area contributed by atoms with Gasteiger partial charge in [-0.3, -0.25) is 5.41 Å². The zero-order valence-electron chi connectivity index (χ0n) is 12.2. The number of hydrogen-bond acceptors (Lipinski definition) is 6. The van der Waals surface area contributed by atoms with Gasteiger partial charge in [0, 0.05) is 10.9 Å². The zero-order chi connectivity index (χ0) is 16.3. The number of rotatable bonds is 2. The van der Waals surface area contributed by atoms with Crippen molar-refractivity contribution in [3.8, 4) is 5.88 Å². The Hall–Kier alpha value is -3.26. The highest BCUT2D eigenvalue weighted by Gasteiger charge is 2.20. The molecule has 0 saturated heterocycles. The Morgan fingerprint density at radius 1 is 1.08 bits per heavy atom. The van der Waals surface area contributed by atoms with Crippen molar-refractivity contribution in [3.05, 3.63) is 47.0 Å². The molecular weight excluding hydrogens is 324 g/mol. The molecule has 0 radical (unpaired) electrons. The first-order valence-corrected chi connectivity index (χ1v) is 8.07. The topological polar surface area (TPSA) is 114 Å². The van der Waals surface area contributed by atoms with Gasteiger partial charge in [-0.25, -0.2) is 4.98 Å². The maximum absolute atomic E-state index is 10.4. The Balaban J connectivity index is 1.79. The van der Waals surface area contributed by atoms with Crippen molar-refractivity contribution >= 4 is 49.2 Å². The Morgan fingerprint density at radius 2 is 1.92 bits per heavy atom. The van der Waals surface area contributed by atoms with Gasteiger partial charge in [0.2, 0.25) is 0 Å². The summed E-state index contributed by atoms with van der Waals surface area (Å²) < 4.78 is 0.950. The summed E-state index contributed by atoms with van der Waals surface area (Å²) in [7, 11) is 0. The van der Waals surface area contributed by atoms with Gasteiger partial charge in [-0.05, 0) is 24.3 Å². The number of fused-ring (bicyclic) bond motifs is 4. The van der Waals surface area contributed by atoms with Crippen LogP contribution in [0.15, 0.2) is 35.8 Å². The van der Waals surface area contributed by atoms with E-state index in [0.717, 1.165) is 26.6 Å². The number of aromatic nitrogens is 5. The number of nitrogens with one attached hydrogen (secondary N) is 3. The second kappa shape index (κ2) is 4.62. The number of H-pyrrole nitrogens is 2. The summed E-state index contributed by atoms with van der Waals surface area (Å²) in [4.78, 5) is 7.27. The normalized spacial score (nSPS) is 11.7. The highest BCUT2D eigenvalue weighted by Crippen LogP contribution is 2.36. The van der Waals surface area contributed by atoms with E-state index in [1.54, 1.807) is 23.7 Å². The fraction of sp³-hybridized carbons (Fsp3) is 0. The number of aromatic hydroxyl groups is 1. The standard InChI is InChI=1S/C16H10N6OS/c17-14(7-1-2-8-11(5-7)21-22-20-8)13-12-9(19-16(13)23)3-4-10-15(12)24-6-18-10/h1-6,17,19,23H,(H,20,21,22). The molecule has 0 saturated carbocycles. The van der Waals surface area contributed by atoms with E-state index in [1.165, 1.54) is 11.3 Å². The lowest BCUT2D eigenvalue weighted by molar-refractivity contribution is 0.457. The van der Waals surface area contributed by atoms with E-state index in [1.807, 2.05) is 12.1 Å². The van der Waals surface area contributed by atoms with Crippen LogP contribution >= 0.6 is 11.3 Å². The van der Waals surface area contributed by atoms with Crippen LogP contribution in [0.25, 0.3) is 32.2 Å². The van der Waals surface area contributed by atoms with Gasteiger partial charge in [-0.1, -0.05) is 6.07 Å². The predicted octanol–water partition coefficient (Wildman–Crippen LogP) is 3.17. The molecule has 7 nitrogen and oxygen atoms in total. The second-order valence-electron chi connectivity index (χ2n) is 5.44. The summed E-state index contributed by atoms with van der Waals surface area (Å²) in [5, 5.41) is 30.5. The molecule has 4 N–H and O–H groups in total. The molecule has 0 amide bonds. The van der Waals surface area contributed by atoms with E-state index in [4.69, 9.17) is 5.41 Å². The second-order valence-corrected chi connectivity index (χ2v) is 6.29. The molecule has 0 unspecified atom stereocenters. The Morgan fingerprint density at radius 3 is 2.83 bits per heavy atom. The first-order valence-electron chi connectivity index (χ1n) is 7.19. The monoisotopic (exact) mass is 334 g/mol. The minimum absolute atomic E-state index is 0.0175. The van der Waals surface area contributed by atoms with Crippen LogP contribution < -0.4 is 0 Å². The minimum atomic E-state index is -0.0175. The van der Waals surface area contributed by atoms with E-state index in [-0.39, 0.29) is 11.6 Å². The summed E-state index contributed by atoms with van der Waals surface area (Å²) in [6.07, 6.45) is 0. The van der Waals surface area contributed by atoms with E-state index < -0.39 is 0 Å². The van der Waals surface area contributed by atoms with Gasteiger partial charge in [-0.2, -0.15) is 15.4 Å². The SMILES string of the molecule is N=C(c1ccc2n[nH]nc2c1)c1c(O)[nH]c2ccc3ncsc3c12. The molecule has 8 heteroatoms. The molecule has 5 aromatic rings. The van der Waals surface area contributed by atoms with Crippen molar-refractivity contribution in [2.24, 2.45) is 0 Å². The predicted molar refractivity (Wildman–Crippen MR) is 93.0 cm³/mol. The number of benzene rings is 2. The molecule has 3 heterocycles.